The van der Waals surface area contributed by atoms with Gasteiger partial charge >= 0.3 is 0 Å². The van der Waals surface area contributed by atoms with Crippen molar-refractivity contribution in [1.29, 1.82) is 0 Å². The summed E-state index contributed by atoms with van der Waals surface area (Å²) in [6.07, 6.45) is 11.1. The standard InChI is InChI=1S/C16H25N5O/c1-3-6-14(7-4-2)15(22)17-9-5-8-13-10-18-16-19-12-20-21(16)11-13/h10-12,14H,3-9H2,1-2H3,(H,17,22). The van der Waals surface area contributed by atoms with Crippen molar-refractivity contribution in [2.45, 2.75) is 52.4 Å². The molecular weight excluding hydrogens is 278 g/mol. The van der Waals surface area contributed by atoms with Crippen molar-refractivity contribution < 1.29 is 4.79 Å². The molecule has 2 heterocycles. The lowest BCUT2D eigenvalue weighted by Crippen LogP contribution is -2.31. The lowest BCUT2D eigenvalue weighted by atomic mass is 9.97. The predicted molar refractivity (Wildman–Crippen MR) is 85.4 cm³/mol. The minimum absolute atomic E-state index is 0.170. The van der Waals surface area contributed by atoms with Crippen molar-refractivity contribution in [3.05, 3.63) is 24.3 Å². The molecule has 22 heavy (non-hydrogen) atoms. The first-order valence-corrected chi connectivity index (χ1v) is 8.16. The molecule has 6 heteroatoms. The van der Waals surface area contributed by atoms with E-state index in [2.05, 4.69) is 34.2 Å². The van der Waals surface area contributed by atoms with Crippen LogP contribution in [0.25, 0.3) is 5.78 Å². The molecule has 0 fully saturated rings. The highest BCUT2D eigenvalue weighted by Crippen LogP contribution is 2.13. The number of carbonyl (C=O) groups excluding carboxylic acids is 1. The van der Waals surface area contributed by atoms with E-state index in [1.165, 1.54) is 6.33 Å². The van der Waals surface area contributed by atoms with Crippen LogP contribution in [-0.4, -0.2) is 32.0 Å². The van der Waals surface area contributed by atoms with Gasteiger partial charge in [0.15, 0.2) is 0 Å². The van der Waals surface area contributed by atoms with E-state index in [1.807, 2.05) is 12.4 Å². The van der Waals surface area contributed by atoms with Crippen LogP contribution in [-0.2, 0) is 11.2 Å². The van der Waals surface area contributed by atoms with E-state index in [4.69, 9.17) is 0 Å². The lowest BCUT2D eigenvalue weighted by molar-refractivity contribution is -0.125. The monoisotopic (exact) mass is 303 g/mol. The van der Waals surface area contributed by atoms with Gasteiger partial charge in [0, 0.05) is 24.9 Å². The first kappa shape index (κ1) is 16.4. The third-order valence-corrected chi connectivity index (χ3v) is 3.77. The number of fused-ring (bicyclic) bond motifs is 1. The van der Waals surface area contributed by atoms with Crippen molar-refractivity contribution >= 4 is 11.7 Å². The predicted octanol–water partition coefficient (Wildman–Crippen LogP) is 2.39. The number of carbonyl (C=O) groups is 1. The lowest BCUT2D eigenvalue weighted by Gasteiger charge is -2.15. The Morgan fingerprint density at radius 2 is 2.05 bits per heavy atom. The van der Waals surface area contributed by atoms with Crippen molar-refractivity contribution in [2.75, 3.05) is 6.54 Å². The van der Waals surface area contributed by atoms with Gasteiger partial charge in [-0.2, -0.15) is 10.1 Å². The molecule has 2 aromatic heterocycles. The number of rotatable bonds is 9. The summed E-state index contributed by atoms with van der Waals surface area (Å²) in [6.45, 7) is 4.96. The molecular formula is C16H25N5O. The van der Waals surface area contributed by atoms with Crippen LogP contribution in [0.15, 0.2) is 18.7 Å². The quantitative estimate of drug-likeness (QED) is 0.722. The van der Waals surface area contributed by atoms with Gasteiger partial charge in [0.05, 0.1) is 0 Å². The van der Waals surface area contributed by atoms with Crippen LogP contribution in [0.4, 0.5) is 0 Å². The van der Waals surface area contributed by atoms with Gasteiger partial charge in [-0.15, -0.1) is 0 Å². The van der Waals surface area contributed by atoms with Gasteiger partial charge in [-0.3, -0.25) is 4.79 Å². The molecule has 0 aliphatic rings. The molecule has 1 N–H and O–H groups in total. The van der Waals surface area contributed by atoms with E-state index >= 15 is 0 Å². The molecule has 0 aromatic carbocycles. The third-order valence-electron chi connectivity index (χ3n) is 3.77. The van der Waals surface area contributed by atoms with Gasteiger partial charge in [0.2, 0.25) is 5.91 Å². The summed E-state index contributed by atoms with van der Waals surface area (Å²) in [5.41, 5.74) is 1.10. The zero-order valence-electron chi connectivity index (χ0n) is 13.5. The summed E-state index contributed by atoms with van der Waals surface area (Å²) in [4.78, 5) is 20.4. The fourth-order valence-corrected chi connectivity index (χ4v) is 2.64. The van der Waals surface area contributed by atoms with Crippen molar-refractivity contribution in [1.82, 2.24) is 24.9 Å². The first-order valence-electron chi connectivity index (χ1n) is 8.16. The Balaban J connectivity index is 1.74. The SMILES string of the molecule is CCCC(CCC)C(=O)NCCCc1cnc2ncnn2c1. The molecule has 6 nitrogen and oxygen atoms in total. The Morgan fingerprint density at radius 1 is 1.27 bits per heavy atom. The van der Waals surface area contributed by atoms with E-state index in [1.54, 1.807) is 4.52 Å². The Bertz CT molecular complexity index is 589. The minimum Gasteiger partial charge on any atom is -0.356 e. The molecule has 0 unspecified atom stereocenters. The largest absolute Gasteiger partial charge is 0.356 e. The van der Waals surface area contributed by atoms with Crippen molar-refractivity contribution in [3.63, 3.8) is 0 Å². The maximum atomic E-state index is 12.1. The maximum Gasteiger partial charge on any atom is 0.252 e. The number of aryl methyl sites for hydroxylation is 1. The van der Waals surface area contributed by atoms with Gasteiger partial charge < -0.3 is 5.32 Å². The van der Waals surface area contributed by atoms with Crippen molar-refractivity contribution in [3.8, 4) is 0 Å². The molecule has 2 rings (SSSR count). The van der Waals surface area contributed by atoms with Crippen LogP contribution in [0.5, 0.6) is 0 Å². The number of aromatic nitrogens is 4. The van der Waals surface area contributed by atoms with Gasteiger partial charge in [-0.05, 0) is 31.2 Å². The summed E-state index contributed by atoms with van der Waals surface area (Å²) >= 11 is 0. The molecule has 0 bridgehead atoms. The van der Waals surface area contributed by atoms with Gasteiger partial charge in [-0.25, -0.2) is 9.50 Å². The summed E-state index contributed by atoms with van der Waals surface area (Å²) in [5, 5.41) is 7.13. The van der Waals surface area contributed by atoms with Crippen molar-refractivity contribution in [2.24, 2.45) is 5.92 Å². The Hall–Kier alpha value is -1.98. The zero-order chi connectivity index (χ0) is 15.8. The fraction of sp³-hybridized carbons (Fsp3) is 0.625. The molecule has 2 aromatic rings. The van der Waals surface area contributed by atoms with E-state index in [0.29, 0.717) is 12.3 Å². The van der Waals surface area contributed by atoms with Crippen LogP contribution >= 0.6 is 0 Å². The van der Waals surface area contributed by atoms with Crippen LogP contribution in [0.3, 0.4) is 0 Å². The normalized spacial score (nSPS) is 11.2. The Morgan fingerprint density at radius 3 is 2.77 bits per heavy atom. The van der Waals surface area contributed by atoms with Crippen LogP contribution in [0.1, 0.15) is 51.5 Å². The number of nitrogens with zero attached hydrogens (tertiary/aromatic N) is 4. The summed E-state index contributed by atoms with van der Waals surface area (Å²) in [6, 6.07) is 0. The molecule has 0 atom stereocenters. The number of nitrogens with one attached hydrogen (secondary N) is 1. The highest BCUT2D eigenvalue weighted by molar-refractivity contribution is 5.78. The first-order chi connectivity index (χ1) is 10.7. The summed E-state index contributed by atoms with van der Waals surface area (Å²) in [7, 11) is 0. The molecule has 0 aliphatic carbocycles. The van der Waals surface area contributed by atoms with E-state index in [0.717, 1.165) is 44.1 Å². The zero-order valence-corrected chi connectivity index (χ0v) is 13.5. The van der Waals surface area contributed by atoms with Crippen LogP contribution in [0, 0.1) is 5.92 Å². The van der Waals surface area contributed by atoms with Crippen LogP contribution in [0.2, 0.25) is 0 Å². The van der Waals surface area contributed by atoms with Gasteiger partial charge in [-0.1, -0.05) is 26.7 Å². The summed E-state index contributed by atoms with van der Waals surface area (Å²) < 4.78 is 1.67. The highest BCUT2D eigenvalue weighted by atomic mass is 16.1. The number of hydrogen-bond acceptors (Lipinski definition) is 4. The molecule has 120 valence electrons. The molecule has 0 radical (unpaired) electrons. The third kappa shape index (κ3) is 4.51. The van der Waals surface area contributed by atoms with E-state index in [-0.39, 0.29) is 11.8 Å². The highest BCUT2D eigenvalue weighted by Gasteiger charge is 2.15. The number of hydrogen-bond donors (Lipinski definition) is 1. The molecule has 0 aliphatic heterocycles. The molecule has 1 amide bonds. The second-order valence-electron chi connectivity index (χ2n) is 5.64. The minimum atomic E-state index is 0.170. The topological polar surface area (TPSA) is 72.2 Å². The smallest absolute Gasteiger partial charge is 0.252 e. The van der Waals surface area contributed by atoms with Crippen LogP contribution < -0.4 is 5.32 Å². The second-order valence-corrected chi connectivity index (χ2v) is 5.64. The van der Waals surface area contributed by atoms with Gasteiger partial charge in [0.25, 0.3) is 5.78 Å². The van der Waals surface area contributed by atoms with E-state index < -0.39 is 0 Å². The molecule has 0 spiro atoms. The molecule has 0 saturated heterocycles. The average Bonchev–Trinajstić information content (AvgIpc) is 2.98. The van der Waals surface area contributed by atoms with E-state index in [9.17, 15) is 4.79 Å². The molecule has 0 saturated carbocycles. The van der Waals surface area contributed by atoms with Gasteiger partial charge in [0.1, 0.15) is 6.33 Å². The Labute approximate surface area is 131 Å². The fourth-order valence-electron chi connectivity index (χ4n) is 2.64. The number of amides is 1. The Kier molecular flexibility index (Phi) is 6.30. The average molecular weight is 303 g/mol. The second kappa shape index (κ2) is 8.46. The maximum absolute atomic E-state index is 12.1. The summed E-state index contributed by atoms with van der Waals surface area (Å²) in [5.74, 6) is 0.982.